The first-order valence-electron chi connectivity index (χ1n) is 4.72. The number of hydrogen-bond acceptors (Lipinski definition) is 5. The van der Waals surface area contributed by atoms with E-state index in [0.29, 0.717) is 0 Å². The van der Waals surface area contributed by atoms with Crippen molar-refractivity contribution in [2.24, 2.45) is 0 Å². The van der Waals surface area contributed by atoms with Crippen LogP contribution in [0.3, 0.4) is 0 Å². The summed E-state index contributed by atoms with van der Waals surface area (Å²) in [6, 6.07) is 5.76. The van der Waals surface area contributed by atoms with Gasteiger partial charge in [0.05, 0.1) is 6.42 Å². The lowest BCUT2D eigenvalue weighted by Gasteiger charge is -1.95. The molecule has 0 fully saturated rings. The maximum atomic E-state index is 12.7. The molecular formula is C10H9FN2O3S. The Morgan fingerprint density at radius 1 is 1.24 bits per heavy atom. The van der Waals surface area contributed by atoms with Gasteiger partial charge in [-0.05, 0) is 17.7 Å². The number of sulfone groups is 1. The van der Waals surface area contributed by atoms with Gasteiger partial charge in [0.2, 0.25) is 15.7 Å². The highest BCUT2D eigenvalue weighted by atomic mass is 32.2. The van der Waals surface area contributed by atoms with Crippen LogP contribution in [0.4, 0.5) is 4.39 Å². The van der Waals surface area contributed by atoms with Gasteiger partial charge in [-0.15, -0.1) is 5.10 Å². The van der Waals surface area contributed by atoms with Gasteiger partial charge < -0.3 is 4.42 Å². The molecule has 1 heterocycles. The molecule has 0 bridgehead atoms. The van der Waals surface area contributed by atoms with E-state index >= 15 is 0 Å². The summed E-state index contributed by atoms with van der Waals surface area (Å²) in [5.41, 5.74) is 0.759. The van der Waals surface area contributed by atoms with Crippen molar-refractivity contribution < 1.29 is 17.2 Å². The van der Waals surface area contributed by atoms with E-state index < -0.39 is 15.1 Å². The number of rotatable bonds is 3. The fraction of sp³-hybridized carbons (Fsp3) is 0.200. The highest BCUT2D eigenvalue weighted by Crippen LogP contribution is 2.12. The van der Waals surface area contributed by atoms with Gasteiger partial charge in [0.1, 0.15) is 5.82 Å². The third kappa shape index (κ3) is 2.88. The van der Waals surface area contributed by atoms with Gasteiger partial charge in [-0.25, -0.2) is 12.8 Å². The zero-order chi connectivity index (χ0) is 12.5. The van der Waals surface area contributed by atoms with Crippen molar-refractivity contribution in [3.63, 3.8) is 0 Å². The van der Waals surface area contributed by atoms with Crippen LogP contribution in [0.25, 0.3) is 0 Å². The molecule has 90 valence electrons. The molecular weight excluding hydrogens is 247 g/mol. The number of hydrogen-bond donors (Lipinski definition) is 0. The molecule has 0 aliphatic heterocycles. The van der Waals surface area contributed by atoms with Crippen molar-refractivity contribution in [1.29, 1.82) is 0 Å². The Balaban J connectivity index is 2.20. The predicted octanol–water partition coefficient (Wildman–Crippen LogP) is 1.20. The number of nitrogens with zero attached hydrogens (tertiary/aromatic N) is 2. The van der Waals surface area contributed by atoms with E-state index in [2.05, 4.69) is 10.2 Å². The molecule has 0 aliphatic rings. The smallest absolute Gasteiger partial charge is 0.335 e. The summed E-state index contributed by atoms with van der Waals surface area (Å²) in [6.45, 7) is 0. The molecule has 1 aromatic carbocycles. The van der Waals surface area contributed by atoms with Gasteiger partial charge in [-0.2, -0.15) is 0 Å². The Morgan fingerprint density at radius 2 is 1.88 bits per heavy atom. The minimum Gasteiger partial charge on any atom is -0.412 e. The van der Waals surface area contributed by atoms with E-state index in [4.69, 9.17) is 4.42 Å². The molecule has 0 saturated heterocycles. The average Bonchev–Trinajstić information content (AvgIpc) is 2.69. The van der Waals surface area contributed by atoms with Crippen molar-refractivity contribution >= 4 is 9.84 Å². The standard InChI is InChI=1S/C10H9FN2O3S/c1-17(14,15)10-13-12-9(16-10)6-7-2-4-8(11)5-3-7/h2-5H,6H2,1H3. The van der Waals surface area contributed by atoms with E-state index in [1.54, 1.807) is 12.1 Å². The summed E-state index contributed by atoms with van der Waals surface area (Å²) < 4.78 is 39.8. The maximum Gasteiger partial charge on any atom is 0.335 e. The summed E-state index contributed by atoms with van der Waals surface area (Å²) in [5.74, 6) is -0.159. The monoisotopic (exact) mass is 256 g/mol. The predicted molar refractivity (Wildman–Crippen MR) is 56.6 cm³/mol. The van der Waals surface area contributed by atoms with Crippen LogP contribution in [-0.2, 0) is 16.3 Å². The van der Waals surface area contributed by atoms with E-state index in [1.807, 2.05) is 0 Å². The van der Waals surface area contributed by atoms with Crippen LogP contribution < -0.4 is 0 Å². The second-order valence-corrected chi connectivity index (χ2v) is 5.43. The van der Waals surface area contributed by atoms with Crippen LogP contribution in [0.2, 0.25) is 0 Å². The molecule has 0 unspecified atom stereocenters. The molecule has 7 heteroatoms. The van der Waals surface area contributed by atoms with Crippen LogP contribution in [-0.4, -0.2) is 24.9 Å². The first-order chi connectivity index (χ1) is 7.95. The molecule has 0 radical (unpaired) electrons. The number of benzene rings is 1. The van der Waals surface area contributed by atoms with E-state index in [-0.39, 0.29) is 18.1 Å². The normalized spacial score (nSPS) is 11.6. The molecule has 17 heavy (non-hydrogen) atoms. The van der Waals surface area contributed by atoms with E-state index in [0.717, 1.165) is 11.8 Å². The molecule has 5 nitrogen and oxygen atoms in total. The quantitative estimate of drug-likeness (QED) is 0.825. The van der Waals surface area contributed by atoms with Gasteiger partial charge in [-0.1, -0.05) is 17.2 Å². The molecule has 0 atom stereocenters. The summed E-state index contributed by atoms with van der Waals surface area (Å²) in [7, 11) is -3.48. The Kier molecular flexibility index (Phi) is 2.93. The molecule has 0 N–H and O–H groups in total. The van der Waals surface area contributed by atoms with E-state index in [9.17, 15) is 12.8 Å². The second-order valence-electron chi connectivity index (χ2n) is 3.54. The molecule has 0 aliphatic carbocycles. The number of aromatic nitrogens is 2. The van der Waals surface area contributed by atoms with Crippen molar-refractivity contribution in [2.75, 3.05) is 6.26 Å². The topological polar surface area (TPSA) is 73.1 Å². The van der Waals surface area contributed by atoms with Gasteiger partial charge in [-0.3, -0.25) is 0 Å². The zero-order valence-electron chi connectivity index (χ0n) is 8.92. The van der Waals surface area contributed by atoms with Crippen LogP contribution in [0.1, 0.15) is 11.5 Å². The lowest BCUT2D eigenvalue weighted by atomic mass is 10.1. The van der Waals surface area contributed by atoms with Crippen molar-refractivity contribution in [1.82, 2.24) is 10.2 Å². The molecule has 1 aromatic heterocycles. The summed E-state index contributed by atoms with van der Waals surface area (Å²) in [5, 5.41) is 6.63. The molecule has 0 amide bonds. The highest BCUT2D eigenvalue weighted by molar-refractivity contribution is 7.90. The van der Waals surface area contributed by atoms with Gasteiger partial charge in [0, 0.05) is 6.26 Å². The molecule has 0 saturated carbocycles. The minimum atomic E-state index is -3.48. The summed E-state index contributed by atoms with van der Waals surface area (Å²) in [6.07, 6.45) is 1.25. The summed E-state index contributed by atoms with van der Waals surface area (Å²) >= 11 is 0. The first-order valence-corrected chi connectivity index (χ1v) is 6.61. The minimum absolute atomic E-state index is 0.178. The van der Waals surface area contributed by atoms with Gasteiger partial charge >= 0.3 is 5.22 Å². The zero-order valence-corrected chi connectivity index (χ0v) is 9.74. The Labute approximate surface area is 97.2 Å². The summed E-state index contributed by atoms with van der Waals surface area (Å²) in [4.78, 5) is 0. The third-order valence-corrected chi connectivity index (χ3v) is 2.83. The Hall–Kier alpha value is -1.76. The van der Waals surface area contributed by atoms with Gasteiger partial charge in [0.15, 0.2) is 0 Å². The van der Waals surface area contributed by atoms with Crippen molar-refractivity contribution in [2.45, 2.75) is 11.6 Å². The van der Waals surface area contributed by atoms with Crippen LogP contribution in [0.5, 0.6) is 0 Å². The maximum absolute atomic E-state index is 12.7. The Morgan fingerprint density at radius 3 is 2.41 bits per heavy atom. The highest BCUT2D eigenvalue weighted by Gasteiger charge is 2.16. The van der Waals surface area contributed by atoms with Crippen LogP contribution >= 0.6 is 0 Å². The fourth-order valence-corrected chi connectivity index (χ4v) is 1.67. The lowest BCUT2D eigenvalue weighted by Crippen LogP contribution is -1.96. The SMILES string of the molecule is CS(=O)(=O)c1nnc(Cc2ccc(F)cc2)o1. The number of halogens is 1. The molecule has 0 spiro atoms. The first kappa shape index (κ1) is 11.7. The largest absolute Gasteiger partial charge is 0.412 e. The average molecular weight is 256 g/mol. The molecule has 2 rings (SSSR count). The van der Waals surface area contributed by atoms with E-state index in [1.165, 1.54) is 12.1 Å². The van der Waals surface area contributed by atoms with Crippen LogP contribution in [0, 0.1) is 5.82 Å². The molecule has 2 aromatic rings. The third-order valence-electron chi connectivity index (χ3n) is 2.03. The Bertz CT molecular complexity index is 619. The van der Waals surface area contributed by atoms with Crippen molar-refractivity contribution in [3.05, 3.63) is 41.5 Å². The fourth-order valence-electron chi connectivity index (χ4n) is 1.24. The van der Waals surface area contributed by atoms with Crippen LogP contribution in [0.15, 0.2) is 33.9 Å². The second kappa shape index (κ2) is 4.25. The van der Waals surface area contributed by atoms with Crippen molar-refractivity contribution in [3.8, 4) is 0 Å². The van der Waals surface area contributed by atoms with Gasteiger partial charge in [0.25, 0.3) is 0 Å². The lowest BCUT2D eigenvalue weighted by molar-refractivity contribution is 0.403.